The predicted octanol–water partition coefficient (Wildman–Crippen LogP) is -1.98. The molecular weight excluding hydrogens is 310 g/mol. The van der Waals surface area contributed by atoms with Crippen molar-refractivity contribution in [3.05, 3.63) is 0 Å². The molecule has 118 valence electrons. The summed E-state index contributed by atoms with van der Waals surface area (Å²) in [5.41, 5.74) is 4.85. The molecule has 21 heavy (non-hydrogen) atoms. The number of ether oxygens (including phenoxy) is 1. The lowest BCUT2D eigenvalue weighted by Gasteiger charge is -2.28. The van der Waals surface area contributed by atoms with Crippen LogP contribution in [0.1, 0.15) is 12.8 Å². The summed E-state index contributed by atoms with van der Waals surface area (Å²) in [5.74, 6) is -1.64. The molecule has 2 aliphatic heterocycles. The molecule has 0 aromatic heterocycles. The predicted molar refractivity (Wildman–Crippen MR) is 63.5 cm³/mol. The Morgan fingerprint density at radius 2 is 2.05 bits per heavy atom. The Morgan fingerprint density at radius 3 is 2.62 bits per heavy atom. The molecule has 0 radical (unpaired) electrons. The fraction of sp³-hybridized carbons (Fsp3) is 0.667. The summed E-state index contributed by atoms with van der Waals surface area (Å²) in [6.45, 7) is -0.559. The fourth-order valence-corrected chi connectivity index (χ4v) is 2.70. The quantitative estimate of drug-likeness (QED) is 0.435. The van der Waals surface area contributed by atoms with E-state index in [1.165, 1.54) is 0 Å². The van der Waals surface area contributed by atoms with E-state index < -0.39 is 47.0 Å². The molecule has 2 rings (SSSR count). The molecule has 3 amide bonds. The van der Waals surface area contributed by atoms with Gasteiger partial charge in [0.2, 0.25) is 0 Å². The van der Waals surface area contributed by atoms with Gasteiger partial charge in [-0.15, -0.1) is 4.28 Å². The van der Waals surface area contributed by atoms with Crippen LogP contribution in [0, 0.1) is 0 Å². The van der Waals surface area contributed by atoms with Crippen molar-refractivity contribution in [2.24, 2.45) is 5.73 Å². The number of hydrogen-bond acceptors (Lipinski definition) is 7. The number of esters is 1. The van der Waals surface area contributed by atoms with E-state index in [1.807, 2.05) is 0 Å². The Morgan fingerprint density at radius 1 is 1.38 bits per heavy atom. The zero-order valence-corrected chi connectivity index (χ0v) is 11.5. The van der Waals surface area contributed by atoms with Crippen LogP contribution in [0.3, 0.4) is 0 Å². The van der Waals surface area contributed by atoms with Gasteiger partial charge in [0, 0.05) is 6.54 Å². The number of amides is 3. The average Bonchev–Trinajstić information content (AvgIpc) is 2.60. The molecule has 3 N–H and O–H groups in total. The van der Waals surface area contributed by atoms with Gasteiger partial charge in [0.05, 0.1) is 6.04 Å². The largest absolute Gasteiger partial charge is 0.454 e. The van der Waals surface area contributed by atoms with Crippen molar-refractivity contribution in [1.82, 2.24) is 9.96 Å². The van der Waals surface area contributed by atoms with Gasteiger partial charge >= 0.3 is 22.4 Å². The molecular formula is C9H13N3O8S. The highest BCUT2D eigenvalue weighted by atomic mass is 32.3. The van der Waals surface area contributed by atoms with Gasteiger partial charge in [0.1, 0.15) is 6.04 Å². The van der Waals surface area contributed by atoms with Gasteiger partial charge in [-0.2, -0.15) is 13.5 Å². The molecule has 0 aromatic carbocycles. The number of primary amides is 1. The minimum atomic E-state index is -4.84. The molecule has 2 saturated heterocycles. The summed E-state index contributed by atoms with van der Waals surface area (Å²) < 4.78 is 38.9. The molecule has 0 aromatic rings. The Balaban J connectivity index is 2.06. The molecule has 11 nitrogen and oxygen atoms in total. The van der Waals surface area contributed by atoms with Crippen molar-refractivity contribution in [3.63, 3.8) is 0 Å². The van der Waals surface area contributed by atoms with Gasteiger partial charge in [-0.1, -0.05) is 0 Å². The molecule has 2 bridgehead atoms. The topological polar surface area (TPSA) is 157 Å². The minimum Gasteiger partial charge on any atom is -0.454 e. The molecule has 2 aliphatic rings. The molecule has 0 saturated carbocycles. The number of carbonyl (C=O) groups is 3. The van der Waals surface area contributed by atoms with E-state index in [-0.39, 0.29) is 19.4 Å². The van der Waals surface area contributed by atoms with Gasteiger partial charge in [-0.3, -0.25) is 9.35 Å². The first-order valence-corrected chi connectivity index (χ1v) is 7.27. The third-order valence-electron chi connectivity index (χ3n) is 3.13. The van der Waals surface area contributed by atoms with Gasteiger partial charge < -0.3 is 15.4 Å². The number of nitrogens with two attached hydrogens (primary N) is 1. The van der Waals surface area contributed by atoms with Crippen LogP contribution in [0.5, 0.6) is 0 Å². The van der Waals surface area contributed by atoms with Crippen LogP contribution in [0.15, 0.2) is 0 Å². The zero-order valence-electron chi connectivity index (χ0n) is 10.7. The first-order valence-electron chi connectivity index (χ1n) is 5.91. The molecule has 0 spiro atoms. The lowest BCUT2D eigenvalue weighted by molar-refractivity contribution is -0.152. The van der Waals surface area contributed by atoms with E-state index in [9.17, 15) is 22.8 Å². The molecule has 0 aliphatic carbocycles. The zero-order chi connectivity index (χ0) is 15.8. The van der Waals surface area contributed by atoms with E-state index in [1.54, 1.807) is 0 Å². The minimum absolute atomic E-state index is 0.0463. The third-order valence-corrected chi connectivity index (χ3v) is 3.48. The normalized spacial score (nSPS) is 25.1. The maximum absolute atomic E-state index is 12.0. The maximum Gasteiger partial charge on any atom is 0.418 e. The van der Waals surface area contributed by atoms with Crippen molar-refractivity contribution < 1.29 is 36.4 Å². The first kappa shape index (κ1) is 15.5. The van der Waals surface area contributed by atoms with E-state index >= 15 is 0 Å². The lowest BCUT2D eigenvalue weighted by Crippen LogP contribution is -2.46. The number of nitrogens with zero attached hydrogens (tertiary/aromatic N) is 2. The van der Waals surface area contributed by atoms with Gasteiger partial charge in [0.15, 0.2) is 6.61 Å². The van der Waals surface area contributed by atoms with E-state index in [2.05, 4.69) is 9.02 Å². The first-order chi connectivity index (χ1) is 9.69. The number of rotatable bonds is 5. The Bertz CT molecular complexity index is 576. The van der Waals surface area contributed by atoms with Gasteiger partial charge in [-0.05, 0) is 12.8 Å². The van der Waals surface area contributed by atoms with Crippen molar-refractivity contribution >= 4 is 28.3 Å². The maximum atomic E-state index is 12.0. The Hall–Kier alpha value is -1.92. The van der Waals surface area contributed by atoms with E-state index in [0.29, 0.717) is 5.06 Å². The van der Waals surface area contributed by atoms with E-state index in [4.69, 9.17) is 10.3 Å². The number of piperidine rings is 1. The second-order valence-electron chi connectivity index (χ2n) is 4.58. The number of urea groups is 1. The summed E-state index contributed by atoms with van der Waals surface area (Å²) in [7, 11) is -4.84. The highest BCUT2D eigenvalue weighted by Gasteiger charge is 2.49. The number of hydroxylamine groups is 2. The molecule has 2 fully saturated rings. The standard InChI is InChI=1S/C9H13N3O8S/c10-7(13)4-19-8(14)6-2-1-5-3-11(6)9(15)12(5)20-21(16,17)18/h5-6H,1-4H2,(H2,10,13)(H,16,17,18)/t5-,6?/m1/s1. The molecule has 2 atom stereocenters. The number of hydrogen-bond donors (Lipinski definition) is 2. The summed E-state index contributed by atoms with van der Waals surface area (Å²) in [4.78, 5) is 35.4. The molecule has 2 heterocycles. The summed E-state index contributed by atoms with van der Waals surface area (Å²) in [5, 5.41) is 0.511. The van der Waals surface area contributed by atoms with Crippen LogP contribution in [0.2, 0.25) is 0 Å². The number of carbonyl (C=O) groups excluding carboxylic acids is 3. The van der Waals surface area contributed by atoms with Crippen LogP contribution >= 0.6 is 0 Å². The monoisotopic (exact) mass is 323 g/mol. The summed E-state index contributed by atoms with van der Waals surface area (Å²) in [6, 6.07) is -2.43. The van der Waals surface area contributed by atoms with Crippen LogP contribution in [-0.4, -0.2) is 66.1 Å². The highest BCUT2D eigenvalue weighted by molar-refractivity contribution is 7.80. The van der Waals surface area contributed by atoms with Crippen molar-refractivity contribution in [1.29, 1.82) is 0 Å². The van der Waals surface area contributed by atoms with Crippen LogP contribution in [0.25, 0.3) is 0 Å². The second-order valence-corrected chi connectivity index (χ2v) is 5.59. The van der Waals surface area contributed by atoms with Crippen molar-refractivity contribution in [3.8, 4) is 0 Å². The average molecular weight is 323 g/mol. The molecule has 12 heteroatoms. The van der Waals surface area contributed by atoms with E-state index in [0.717, 1.165) is 4.90 Å². The Labute approximate surface area is 119 Å². The summed E-state index contributed by atoms with van der Waals surface area (Å²) in [6.07, 6.45) is 0.480. The fourth-order valence-electron chi connectivity index (χ4n) is 2.32. The second kappa shape index (κ2) is 5.46. The number of fused-ring (bicyclic) bond motifs is 2. The molecule has 1 unspecified atom stereocenters. The lowest BCUT2D eigenvalue weighted by atomic mass is 10.0. The van der Waals surface area contributed by atoms with Crippen LogP contribution < -0.4 is 5.73 Å². The summed E-state index contributed by atoms with van der Waals surface area (Å²) >= 11 is 0. The van der Waals surface area contributed by atoms with Gasteiger partial charge in [0.25, 0.3) is 5.91 Å². The Kier molecular flexibility index (Phi) is 4.02. The highest BCUT2D eigenvalue weighted by Crippen LogP contribution is 2.31. The van der Waals surface area contributed by atoms with Crippen molar-refractivity contribution in [2.75, 3.05) is 13.2 Å². The third kappa shape index (κ3) is 3.40. The van der Waals surface area contributed by atoms with Crippen molar-refractivity contribution in [2.45, 2.75) is 24.9 Å². The SMILES string of the molecule is NC(=O)COC(=O)C1CC[C@@H]2CN1C(=O)N2OS(=O)(=O)O. The van der Waals surface area contributed by atoms with Gasteiger partial charge in [-0.25, -0.2) is 9.59 Å². The van der Waals surface area contributed by atoms with Crippen LogP contribution in [-0.2, 0) is 29.0 Å². The van der Waals surface area contributed by atoms with Crippen LogP contribution in [0.4, 0.5) is 4.79 Å². The smallest absolute Gasteiger partial charge is 0.418 e.